The van der Waals surface area contributed by atoms with E-state index in [0.717, 1.165) is 5.56 Å². The summed E-state index contributed by atoms with van der Waals surface area (Å²) < 4.78 is 22.3. The summed E-state index contributed by atoms with van der Waals surface area (Å²) in [6.07, 6.45) is 3.49. The Bertz CT molecular complexity index is 1200. The molecule has 30 heavy (non-hydrogen) atoms. The highest BCUT2D eigenvalue weighted by atomic mass is 35.5. The van der Waals surface area contributed by atoms with Crippen LogP contribution in [0.2, 0.25) is 5.02 Å². The maximum Gasteiger partial charge on any atom is 0.262 e. The molecule has 0 aliphatic heterocycles. The van der Waals surface area contributed by atoms with Gasteiger partial charge in [-0.15, -0.1) is 11.3 Å². The van der Waals surface area contributed by atoms with Crippen molar-refractivity contribution in [3.05, 3.63) is 87.5 Å². The molecule has 5 nitrogen and oxygen atoms in total. The zero-order valence-electron chi connectivity index (χ0n) is 16.4. The van der Waals surface area contributed by atoms with Crippen molar-refractivity contribution in [2.24, 2.45) is 7.05 Å². The predicted octanol–water partition coefficient (Wildman–Crippen LogP) is 5.09. The summed E-state index contributed by atoms with van der Waals surface area (Å²) in [6.45, 7) is 0.137. The minimum absolute atomic E-state index is 0.137. The Morgan fingerprint density at radius 1 is 1.30 bits per heavy atom. The van der Waals surface area contributed by atoms with Gasteiger partial charge in [0.15, 0.2) is 0 Å². The van der Waals surface area contributed by atoms with Crippen LogP contribution in [0.1, 0.15) is 32.7 Å². The number of imidazole rings is 1. The first-order valence-corrected chi connectivity index (χ1v) is 10.4. The fourth-order valence-corrected chi connectivity index (χ4v) is 4.69. The van der Waals surface area contributed by atoms with Crippen LogP contribution in [0.25, 0.3) is 10.1 Å². The van der Waals surface area contributed by atoms with Gasteiger partial charge in [-0.25, -0.2) is 9.37 Å². The summed E-state index contributed by atoms with van der Waals surface area (Å²) in [4.78, 5) is 18.2. The normalized spacial score (nSPS) is 12.3. The lowest BCUT2D eigenvalue weighted by Crippen LogP contribution is -2.31. The Labute approximate surface area is 182 Å². The molecular formula is C22H19ClFN3O2S. The van der Waals surface area contributed by atoms with Crippen LogP contribution in [0.4, 0.5) is 4.39 Å². The van der Waals surface area contributed by atoms with E-state index in [-0.39, 0.29) is 18.3 Å². The smallest absolute Gasteiger partial charge is 0.262 e. The summed E-state index contributed by atoms with van der Waals surface area (Å²) >= 11 is 7.28. The topological polar surface area (TPSA) is 56.1 Å². The van der Waals surface area contributed by atoms with Gasteiger partial charge in [-0.1, -0.05) is 29.8 Å². The third-order valence-electron chi connectivity index (χ3n) is 4.85. The highest BCUT2D eigenvalue weighted by molar-refractivity contribution is 7.21. The molecule has 0 aliphatic carbocycles. The molecule has 0 spiro atoms. The molecular weight excluding hydrogens is 425 g/mol. The number of aryl methyl sites for hydroxylation is 1. The van der Waals surface area contributed by atoms with E-state index >= 15 is 0 Å². The number of rotatable bonds is 6. The van der Waals surface area contributed by atoms with E-state index in [1.54, 1.807) is 30.5 Å². The van der Waals surface area contributed by atoms with E-state index in [4.69, 9.17) is 16.3 Å². The lowest BCUT2D eigenvalue weighted by atomic mass is 10.1. The summed E-state index contributed by atoms with van der Waals surface area (Å²) in [5.41, 5.74) is 1.38. The molecule has 154 valence electrons. The summed E-state index contributed by atoms with van der Waals surface area (Å²) in [5, 5.41) is 4.09. The maximum absolute atomic E-state index is 14.5. The summed E-state index contributed by atoms with van der Waals surface area (Å²) in [7, 11) is 3.39. The second kappa shape index (κ2) is 8.55. The molecule has 0 unspecified atom stereocenters. The van der Waals surface area contributed by atoms with Crippen LogP contribution in [-0.4, -0.2) is 22.6 Å². The molecule has 4 aromatic rings. The van der Waals surface area contributed by atoms with Crippen molar-refractivity contribution in [3.63, 3.8) is 0 Å². The Hall–Kier alpha value is -2.74. The minimum atomic E-state index is -0.500. The fourth-order valence-electron chi connectivity index (χ4n) is 3.44. The molecule has 0 aliphatic rings. The lowest BCUT2D eigenvalue weighted by molar-refractivity contribution is 0.0941. The molecule has 0 radical (unpaired) electrons. The molecule has 1 amide bonds. The van der Waals surface area contributed by atoms with Gasteiger partial charge < -0.3 is 14.6 Å². The SMILES string of the molecule is COCc1c(C(=O)N[C@@H](c2ccc(Cl)cc2)c2nccn2C)sc2cccc(F)c12. The standard InChI is InChI=1S/C22H19ClFN3O2S/c1-27-11-10-25-21(27)19(13-6-8-14(23)9-7-13)26-22(28)20-15(12-29-2)18-16(24)4-3-5-17(18)30-20/h3-11,19H,12H2,1-2H3,(H,26,28)/t19-/m0/s1. The zero-order valence-corrected chi connectivity index (χ0v) is 17.9. The van der Waals surface area contributed by atoms with Crippen molar-refractivity contribution in [2.75, 3.05) is 7.11 Å². The predicted molar refractivity (Wildman–Crippen MR) is 116 cm³/mol. The Kier molecular flexibility index (Phi) is 5.85. The van der Waals surface area contributed by atoms with Gasteiger partial charge in [0.2, 0.25) is 0 Å². The first kappa shape index (κ1) is 20.5. The number of aromatic nitrogens is 2. The number of carbonyl (C=O) groups is 1. The fraction of sp³-hybridized carbons (Fsp3) is 0.182. The minimum Gasteiger partial charge on any atom is -0.380 e. The number of ether oxygens (including phenoxy) is 1. The molecule has 2 aromatic heterocycles. The van der Waals surface area contributed by atoms with Gasteiger partial charge in [-0.2, -0.15) is 0 Å². The van der Waals surface area contributed by atoms with Crippen LogP contribution < -0.4 is 5.32 Å². The number of nitrogens with zero attached hydrogens (tertiary/aromatic N) is 2. The molecule has 1 atom stereocenters. The number of halogens is 2. The number of hydrogen-bond acceptors (Lipinski definition) is 4. The van der Waals surface area contributed by atoms with E-state index in [9.17, 15) is 9.18 Å². The van der Waals surface area contributed by atoms with E-state index in [1.807, 2.05) is 29.9 Å². The largest absolute Gasteiger partial charge is 0.380 e. The number of benzene rings is 2. The molecule has 0 fully saturated rings. The van der Waals surface area contributed by atoms with E-state index < -0.39 is 6.04 Å². The van der Waals surface area contributed by atoms with Crippen LogP contribution in [0.15, 0.2) is 54.9 Å². The third-order valence-corrected chi connectivity index (χ3v) is 6.30. The quantitative estimate of drug-likeness (QED) is 0.451. The molecule has 8 heteroatoms. The zero-order chi connectivity index (χ0) is 21.3. The van der Waals surface area contributed by atoms with Gasteiger partial charge in [0.1, 0.15) is 17.7 Å². The van der Waals surface area contributed by atoms with Crippen LogP contribution in [0.3, 0.4) is 0 Å². The molecule has 0 saturated heterocycles. The van der Waals surface area contributed by atoms with E-state index in [0.29, 0.717) is 31.4 Å². The van der Waals surface area contributed by atoms with Crippen molar-refractivity contribution >= 4 is 38.9 Å². The highest BCUT2D eigenvalue weighted by Crippen LogP contribution is 2.34. The number of hydrogen-bond donors (Lipinski definition) is 1. The number of thiophene rings is 1. The van der Waals surface area contributed by atoms with Gasteiger partial charge in [-0.05, 0) is 29.8 Å². The first-order chi connectivity index (χ1) is 14.5. The molecule has 4 rings (SSSR count). The van der Waals surface area contributed by atoms with Crippen molar-refractivity contribution < 1.29 is 13.9 Å². The van der Waals surface area contributed by atoms with Crippen LogP contribution >= 0.6 is 22.9 Å². The number of nitrogens with one attached hydrogen (secondary N) is 1. The third kappa shape index (κ3) is 3.84. The summed E-state index contributed by atoms with van der Waals surface area (Å²) in [6, 6.07) is 11.6. The van der Waals surface area contributed by atoms with Gasteiger partial charge >= 0.3 is 0 Å². The van der Waals surface area contributed by atoms with Gasteiger partial charge in [0.05, 0.1) is 11.5 Å². The second-order valence-electron chi connectivity index (χ2n) is 6.81. The Morgan fingerprint density at radius 2 is 2.07 bits per heavy atom. The second-order valence-corrected chi connectivity index (χ2v) is 8.30. The van der Waals surface area contributed by atoms with E-state index in [2.05, 4.69) is 10.3 Å². The maximum atomic E-state index is 14.5. The summed E-state index contributed by atoms with van der Waals surface area (Å²) in [5.74, 6) is -0.00921. The average Bonchev–Trinajstić information content (AvgIpc) is 3.32. The van der Waals surface area contributed by atoms with Crippen molar-refractivity contribution in [1.82, 2.24) is 14.9 Å². The van der Waals surface area contributed by atoms with Crippen LogP contribution in [-0.2, 0) is 18.4 Å². The van der Waals surface area contributed by atoms with Crippen molar-refractivity contribution in [1.29, 1.82) is 0 Å². The Morgan fingerprint density at radius 3 is 2.73 bits per heavy atom. The van der Waals surface area contributed by atoms with Crippen molar-refractivity contribution in [3.8, 4) is 0 Å². The van der Waals surface area contributed by atoms with E-state index in [1.165, 1.54) is 24.5 Å². The van der Waals surface area contributed by atoms with Crippen LogP contribution in [0, 0.1) is 5.82 Å². The number of fused-ring (bicyclic) bond motifs is 1. The average molecular weight is 444 g/mol. The van der Waals surface area contributed by atoms with Crippen LogP contribution in [0.5, 0.6) is 0 Å². The van der Waals surface area contributed by atoms with Crippen molar-refractivity contribution in [2.45, 2.75) is 12.6 Å². The number of methoxy groups -OCH3 is 1. The molecule has 0 bridgehead atoms. The lowest BCUT2D eigenvalue weighted by Gasteiger charge is -2.19. The monoisotopic (exact) mass is 443 g/mol. The molecule has 0 saturated carbocycles. The van der Waals surface area contributed by atoms with Gasteiger partial charge in [0, 0.05) is 47.2 Å². The first-order valence-electron chi connectivity index (χ1n) is 9.22. The highest BCUT2D eigenvalue weighted by Gasteiger charge is 2.26. The molecule has 1 N–H and O–H groups in total. The van der Waals surface area contributed by atoms with Gasteiger partial charge in [-0.3, -0.25) is 4.79 Å². The Balaban J connectivity index is 1.76. The van der Waals surface area contributed by atoms with Gasteiger partial charge in [0.25, 0.3) is 5.91 Å². The molecule has 2 aromatic carbocycles. The number of carbonyl (C=O) groups excluding carboxylic acids is 1. The number of amides is 1. The molecule has 2 heterocycles.